The van der Waals surface area contributed by atoms with E-state index >= 15 is 0 Å². The van der Waals surface area contributed by atoms with Gasteiger partial charge < -0.3 is 15.4 Å². The molecule has 1 aromatic carbocycles. The van der Waals surface area contributed by atoms with Gasteiger partial charge in [0, 0.05) is 25.2 Å². The zero-order chi connectivity index (χ0) is 13.1. The second kappa shape index (κ2) is 5.35. The summed E-state index contributed by atoms with van der Waals surface area (Å²) in [5, 5.41) is 0. The van der Waals surface area contributed by atoms with Crippen molar-refractivity contribution in [1.29, 1.82) is 0 Å². The zero-order valence-corrected chi connectivity index (χ0v) is 10.4. The molecule has 1 atom stereocenters. The van der Waals surface area contributed by atoms with E-state index in [2.05, 4.69) is 0 Å². The second-order valence-electron chi connectivity index (χ2n) is 4.38. The molecule has 0 aromatic heterocycles. The first-order valence-corrected chi connectivity index (χ1v) is 6.02. The molecule has 0 saturated carbocycles. The molecule has 0 spiro atoms. The van der Waals surface area contributed by atoms with Gasteiger partial charge in [-0.1, -0.05) is 0 Å². The van der Waals surface area contributed by atoms with Gasteiger partial charge in [0.2, 0.25) is 0 Å². The maximum absolute atomic E-state index is 13.8. The first-order valence-electron chi connectivity index (χ1n) is 6.02. The van der Waals surface area contributed by atoms with E-state index in [0.717, 1.165) is 12.8 Å². The van der Waals surface area contributed by atoms with Gasteiger partial charge in [-0.2, -0.15) is 0 Å². The quantitative estimate of drug-likeness (QED) is 0.884. The highest BCUT2D eigenvalue weighted by atomic mass is 19.1. The standard InChI is InChI=1S/C13H17FN2O2/c1-18-10-4-5-11(12(14)7-10)13(17)16-6-2-3-9(16)8-15/h4-5,7,9H,2-3,6,8,15H2,1H3. The maximum atomic E-state index is 13.8. The van der Waals surface area contributed by atoms with E-state index in [1.165, 1.54) is 19.2 Å². The monoisotopic (exact) mass is 252 g/mol. The molecular formula is C13H17FN2O2. The number of rotatable bonds is 3. The van der Waals surface area contributed by atoms with Crippen LogP contribution in [0.15, 0.2) is 18.2 Å². The summed E-state index contributed by atoms with van der Waals surface area (Å²) in [5.41, 5.74) is 5.70. The van der Waals surface area contributed by atoms with Crippen molar-refractivity contribution in [2.75, 3.05) is 20.2 Å². The summed E-state index contributed by atoms with van der Waals surface area (Å²) in [7, 11) is 1.46. The average molecular weight is 252 g/mol. The Kier molecular flexibility index (Phi) is 3.81. The van der Waals surface area contributed by atoms with Crippen LogP contribution in [0.4, 0.5) is 4.39 Å². The summed E-state index contributed by atoms with van der Waals surface area (Å²) in [6, 6.07) is 4.30. The molecule has 1 aliphatic rings. The fourth-order valence-electron chi connectivity index (χ4n) is 2.30. The highest BCUT2D eigenvalue weighted by molar-refractivity contribution is 5.95. The number of ether oxygens (including phenoxy) is 1. The number of hydrogen-bond acceptors (Lipinski definition) is 3. The lowest BCUT2D eigenvalue weighted by atomic mass is 10.1. The van der Waals surface area contributed by atoms with Crippen molar-refractivity contribution in [1.82, 2.24) is 4.90 Å². The van der Waals surface area contributed by atoms with Crippen molar-refractivity contribution in [2.24, 2.45) is 5.73 Å². The summed E-state index contributed by atoms with van der Waals surface area (Å²) < 4.78 is 18.7. The van der Waals surface area contributed by atoms with Crippen LogP contribution in [0.5, 0.6) is 5.75 Å². The van der Waals surface area contributed by atoms with Crippen molar-refractivity contribution < 1.29 is 13.9 Å². The zero-order valence-electron chi connectivity index (χ0n) is 10.4. The van der Waals surface area contributed by atoms with Crippen LogP contribution in [0.2, 0.25) is 0 Å². The number of halogens is 1. The molecule has 1 fully saturated rings. The topological polar surface area (TPSA) is 55.6 Å². The minimum absolute atomic E-state index is 0.0269. The van der Waals surface area contributed by atoms with Crippen LogP contribution >= 0.6 is 0 Å². The third-order valence-corrected chi connectivity index (χ3v) is 3.32. The Bertz CT molecular complexity index is 451. The number of likely N-dealkylation sites (tertiary alicyclic amines) is 1. The molecule has 18 heavy (non-hydrogen) atoms. The molecular weight excluding hydrogens is 235 g/mol. The molecule has 0 aliphatic carbocycles. The highest BCUT2D eigenvalue weighted by Gasteiger charge is 2.29. The highest BCUT2D eigenvalue weighted by Crippen LogP contribution is 2.22. The van der Waals surface area contributed by atoms with Crippen LogP contribution < -0.4 is 10.5 Å². The van der Waals surface area contributed by atoms with Crippen molar-refractivity contribution >= 4 is 5.91 Å². The van der Waals surface area contributed by atoms with Crippen LogP contribution in [0.25, 0.3) is 0 Å². The van der Waals surface area contributed by atoms with Gasteiger partial charge >= 0.3 is 0 Å². The lowest BCUT2D eigenvalue weighted by Crippen LogP contribution is -2.40. The fourth-order valence-corrected chi connectivity index (χ4v) is 2.30. The largest absolute Gasteiger partial charge is 0.497 e. The number of hydrogen-bond donors (Lipinski definition) is 1. The molecule has 4 nitrogen and oxygen atoms in total. The van der Waals surface area contributed by atoms with Crippen molar-refractivity contribution in [2.45, 2.75) is 18.9 Å². The summed E-state index contributed by atoms with van der Waals surface area (Å²) in [6.07, 6.45) is 1.81. The SMILES string of the molecule is COc1ccc(C(=O)N2CCCC2CN)c(F)c1. The average Bonchev–Trinajstić information content (AvgIpc) is 2.86. The van der Waals surface area contributed by atoms with Crippen molar-refractivity contribution in [3.63, 3.8) is 0 Å². The van der Waals surface area contributed by atoms with E-state index in [1.54, 1.807) is 11.0 Å². The van der Waals surface area contributed by atoms with E-state index in [-0.39, 0.29) is 17.5 Å². The van der Waals surface area contributed by atoms with E-state index in [9.17, 15) is 9.18 Å². The van der Waals surface area contributed by atoms with Crippen LogP contribution in [0.1, 0.15) is 23.2 Å². The van der Waals surface area contributed by atoms with Gasteiger partial charge in [-0.3, -0.25) is 4.79 Å². The Hall–Kier alpha value is -1.62. The van der Waals surface area contributed by atoms with Gasteiger partial charge in [0.25, 0.3) is 5.91 Å². The minimum Gasteiger partial charge on any atom is -0.497 e. The Balaban J connectivity index is 2.23. The van der Waals surface area contributed by atoms with Gasteiger partial charge in [-0.15, -0.1) is 0 Å². The lowest BCUT2D eigenvalue weighted by molar-refractivity contribution is 0.0736. The Morgan fingerprint density at radius 2 is 2.39 bits per heavy atom. The van der Waals surface area contributed by atoms with Crippen LogP contribution in [-0.2, 0) is 0 Å². The Morgan fingerprint density at radius 1 is 1.61 bits per heavy atom. The lowest BCUT2D eigenvalue weighted by Gasteiger charge is -2.23. The molecule has 2 N–H and O–H groups in total. The van der Waals surface area contributed by atoms with Gasteiger partial charge in [0.05, 0.1) is 12.7 Å². The number of carbonyl (C=O) groups is 1. The van der Waals surface area contributed by atoms with E-state index in [4.69, 9.17) is 10.5 Å². The summed E-state index contributed by atoms with van der Waals surface area (Å²) in [6.45, 7) is 1.07. The molecule has 1 aliphatic heterocycles. The molecule has 0 radical (unpaired) electrons. The van der Waals surface area contributed by atoms with Gasteiger partial charge in [0.1, 0.15) is 11.6 Å². The third-order valence-electron chi connectivity index (χ3n) is 3.32. The predicted octanol–water partition coefficient (Wildman–Crippen LogP) is 1.40. The van der Waals surface area contributed by atoms with Gasteiger partial charge in [0.15, 0.2) is 0 Å². The van der Waals surface area contributed by atoms with Crippen molar-refractivity contribution in [3.05, 3.63) is 29.6 Å². The van der Waals surface area contributed by atoms with Crippen LogP contribution in [0.3, 0.4) is 0 Å². The number of nitrogens with two attached hydrogens (primary N) is 1. The molecule has 1 saturated heterocycles. The third kappa shape index (κ3) is 2.31. The van der Waals surface area contributed by atoms with Gasteiger partial charge in [-0.05, 0) is 25.0 Å². The number of amides is 1. The van der Waals surface area contributed by atoms with E-state index < -0.39 is 5.82 Å². The minimum atomic E-state index is -0.554. The molecule has 1 heterocycles. The first-order chi connectivity index (χ1) is 8.67. The Labute approximate surface area is 106 Å². The molecule has 1 unspecified atom stereocenters. The Morgan fingerprint density at radius 3 is 3.00 bits per heavy atom. The van der Waals surface area contributed by atoms with Crippen LogP contribution in [-0.4, -0.2) is 37.0 Å². The summed E-state index contributed by atoms with van der Waals surface area (Å²) in [5.74, 6) is -0.439. The molecule has 1 aromatic rings. The first kappa shape index (κ1) is 12.8. The fraction of sp³-hybridized carbons (Fsp3) is 0.462. The van der Waals surface area contributed by atoms with E-state index in [0.29, 0.717) is 18.8 Å². The molecule has 0 bridgehead atoms. The smallest absolute Gasteiger partial charge is 0.257 e. The number of benzene rings is 1. The molecule has 1 amide bonds. The van der Waals surface area contributed by atoms with Gasteiger partial charge in [-0.25, -0.2) is 4.39 Å². The summed E-state index contributed by atoms with van der Waals surface area (Å²) in [4.78, 5) is 13.9. The maximum Gasteiger partial charge on any atom is 0.257 e. The molecule has 2 rings (SSSR count). The number of methoxy groups -OCH3 is 1. The molecule has 5 heteroatoms. The predicted molar refractivity (Wildman–Crippen MR) is 66.1 cm³/mol. The second-order valence-corrected chi connectivity index (χ2v) is 4.38. The molecule has 98 valence electrons. The van der Waals surface area contributed by atoms with E-state index in [1.807, 2.05) is 0 Å². The number of nitrogens with zero attached hydrogens (tertiary/aromatic N) is 1. The van der Waals surface area contributed by atoms with Crippen molar-refractivity contribution in [3.8, 4) is 5.75 Å². The number of carbonyl (C=O) groups excluding carboxylic acids is 1. The normalized spacial score (nSPS) is 19.1. The van der Waals surface area contributed by atoms with Crippen LogP contribution in [0, 0.1) is 5.82 Å². The summed E-state index contributed by atoms with van der Waals surface area (Å²) >= 11 is 0.